The van der Waals surface area contributed by atoms with E-state index in [9.17, 15) is 19.3 Å². The number of nitrogens with zero attached hydrogens (tertiary/aromatic N) is 2. The smallest absolute Gasteiger partial charge is 0.355 e. The van der Waals surface area contributed by atoms with Crippen molar-refractivity contribution in [2.45, 2.75) is 25.5 Å². The average Bonchev–Trinajstić information content (AvgIpc) is 3.00. The van der Waals surface area contributed by atoms with E-state index in [4.69, 9.17) is 4.74 Å². The molecule has 2 aromatic carbocycles. The van der Waals surface area contributed by atoms with Crippen LogP contribution in [0.2, 0.25) is 0 Å². The van der Waals surface area contributed by atoms with Crippen LogP contribution in [0.1, 0.15) is 30.9 Å². The SMILES string of the molecule is CC(C)C1=N[C@@](c2ccccc2)([C@H](C[N+](=O)[O-])c2ccccc2F)OC1=O. The fourth-order valence-corrected chi connectivity index (χ4v) is 3.30. The lowest BCUT2D eigenvalue weighted by molar-refractivity contribution is -0.487. The number of rotatable bonds is 6. The Bertz CT molecular complexity index is 898. The zero-order chi connectivity index (χ0) is 19.6. The van der Waals surface area contributed by atoms with Gasteiger partial charge in [0.05, 0.1) is 0 Å². The largest absolute Gasteiger partial charge is 0.427 e. The van der Waals surface area contributed by atoms with E-state index in [1.54, 1.807) is 50.2 Å². The van der Waals surface area contributed by atoms with Crippen molar-refractivity contribution in [1.29, 1.82) is 0 Å². The third-order valence-electron chi connectivity index (χ3n) is 4.56. The maximum atomic E-state index is 14.6. The maximum absolute atomic E-state index is 14.6. The number of carbonyl (C=O) groups is 1. The predicted molar refractivity (Wildman–Crippen MR) is 97.5 cm³/mol. The molecule has 1 heterocycles. The summed E-state index contributed by atoms with van der Waals surface area (Å²) in [6, 6.07) is 14.3. The molecule has 2 aromatic rings. The molecule has 0 bridgehead atoms. The van der Waals surface area contributed by atoms with E-state index < -0.39 is 34.9 Å². The van der Waals surface area contributed by atoms with E-state index >= 15 is 0 Å². The molecule has 6 nitrogen and oxygen atoms in total. The van der Waals surface area contributed by atoms with Gasteiger partial charge >= 0.3 is 5.97 Å². The molecule has 0 fully saturated rings. The van der Waals surface area contributed by atoms with Gasteiger partial charge in [0, 0.05) is 22.0 Å². The number of halogens is 1. The van der Waals surface area contributed by atoms with Gasteiger partial charge in [-0.2, -0.15) is 0 Å². The molecule has 1 aliphatic rings. The number of hydrogen-bond acceptors (Lipinski definition) is 5. The number of nitro groups is 1. The molecule has 140 valence electrons. The topological polar surface area (TPSA) is 81.8 Å². The molecule has 0 saturated carbocycles. The minimum absolute atomic E-state index is 0.0830. The summed E-state index contributed by atoms with van der Waals surface area (Å²) in [6.45, 7) is 2.93. The second-order valence-electron chi connectivity index (χ2n) is 6.69. The molecule has 0 aliphatic carbocycles. The molecular formula is C20H19FN2O4. The van der Waals surface area contributed by atoms with Crippen LogP contribution in [0.25, 0.3) is 0 Å². The minimum atomic E-state index is -1.69. The van der Waals surface area contributed by atoms with Gasteiger partial charge < -0.3 is 4.74 Å². The molecule has 1 aliphatic heterocycles. The number of benzene rings is 2. The molecule has 27 heavy (non-hydrogen) atoms. The fraction of sp³-hybridized carbons (Fsp3) is 0.300. The van der Waals surface area contributed by atoms with Crippen LogP contribution < -0.4 is 0 Å². The van der Waals surface area contributed by atoms with Crippen molar-refractivity contribution in [3.63, 3.8) is 0 Å². The highest BCUT2D eigenvalue weighted by molar-refractivity contribution is 6.38. The molecule has 7 heteroatoms. The molecule has 0 aromatic heterocycles. The fourth-order valence-electron chi connectivity index (χ4n) is 3.30. The summed E-state index contributed by atoms with van der Waals surface area (Å²) in [6.07, 6.45) is 0. The van der Waals surface area contributed by atoms with Crippen LogP contribution in [0, 0.1) is 21.8 Å². The number of ether oxygens (including phenoxy) is 1. The molecule has 0 unspecified atom stereocenters. The van der Waals surface area contributed by atoms with Crippen LogP contribution >= 0.6 is 0 Å². The number of esters is 1. The first-order valence-corrected chi connectivity index (χ1v) is 8.60. The molecule has 0 saturated heterocycles. The van der Waals surface area contributed by atoms with Gasteiger partial charge in [-0.1, -0.05) is 62.4 Å². The summed E-state index contributed by atoms with van der Waals surface area (Å²) >= 11 is 0. The standard InChI is InChI=1S/C20H19FN2O4/c1-13(2)18-19(24)27-20(22-18,14-8-4-3-5-9-14)16(12-23(25)26)15-10-6-7-11-17(15)21/h3-11,13,16H,12H2,1-2H3/t16-,20-/m1/s1. The van der Waals surface area contributed by atoms with Crippen molar-refractivity contribution in [1.82, 2.24) is 0 Å². The Hall–Kier alpha value is -3.09. The van der Waals surface area contributed by atoms with Crippen molar-refractivity contribution < 1.29 is 18.8 Å². The zero-order valence-corrected chi connectivity index (χ0v) is 15.0. The number of hydrogen-bond donors (Lipinski definition) is 0. The average molecular weight is 370 g/mol. The summed E-state index contributed by atoms with van der Waals surface area (Å²) in [5, 5.41) is 11.4. The molecular weight excluding hydrogens is 351 g/mol. The highest BCUT2D eigenvalue weighted by atomic mass is 19.1. The third-order valence-corrected chi connectivity index (χ3v) is 4.56. The van der Waals surface area contributed by atoms with Gasteiger partial charge in [-0.05, 0) is 6.07 Å². The molecule has 0 spiro atoms. The Labute approximate surface area is 155 Å². The molecule has 2 atom stereocenters. The van der Waals surface area contributed by atoms with E-state index in [-0.39, 0.29) is 17.2 Å². The summed E-state index contributed by atoms with van der Waals surface area (Å²) in [5.41, 5.74) is -0.958. The Kier molecular flexibility index (Phi) is 5.03. The van der Waals surface area contributed by atoms with E-state index in [0.29, 0.717) is 5.56 Å². The van der Waals surface area contributed by atoms with Crippen molar-refractivity contribution in [3.05, 3.63) is 81.7 Å². The summed E-state index contributed by atoms with van der Waals surface area (Å²) in [5.74, 6) is -2.60. The van der Waals surface area contributed by atoms with Crippen molar-refractivity contribution >= 4 is 11.7 Å². The quantitative estimate of drug-likeness (QED) is 0.441. The van der Waals surface area contributed by atoms with Crippen molar-refractivity contribution in [3.8, 4) is 0 Å². The lowest BCUT2D eigenvalue weighted by Gasteiger charge is -2.32. The number of aliphatic imine (C=N–C) groups is 1. The first-order valence-electron chi connectivity index (χ1n) is 8.60. The van der Waals surface area contributed by atoms with Crippen molar-refractivity contribution in [2.75, 3.05) is 6.54 Å². The highest BCUT2D eigenvalue weighted by Gasteiger charge is 2.53. The van der Waals surface area contributed by atoms with Gasteiger partial charge in [-0.3, -0.25) is 10.1 Å². The molecule has 0 amide bonds. The minimum Gasteiger partial charge on any atom is -0.427 e. The molecule has 0 N–H and O–H groups in total. The van der Waals surface area contributed by atoms with E-state index in [1.807, 2.05) is 0 Å². The van der Waals surface area contributed by atoms with E-state index in [1.165, 1.54) is 18.2 Å². The van der Waals surface area contributed by atoms with Crippen LogP contribution in [0.5, 0.6) is 0 Å². The van der Waals surface area contributed by atoms with Crippen LogP contribution in [0.4, 0.5) is 4.39 Å². The normalized spacial score (nSPS) is 20.3. The van der Waals surface area contributed by atoms with Crippen LogP contribution in [-0.2, 0) is 15.3 Å². The lowest BCUT2D eigenvalue weighted by Crippen LogP contribution is -2.37. The maximum Gasteiger partial charge on any atom is 0.355 e. The van der Waals surface area contributed by atoms with Gasteiger partial charge in [0.2, 0.25) is 12.3 Å². The number of carbonyl (C=O) groups excluding carboxylic acids is 1. The second-order valence-corrected chi connectivity index (χ2v) is 6.69. The Morgan fingerprint density at radius 1 is 1.15 bits per heavy atom. The van der Waals surface area contributed by atoms with Gasteiger partial charge in [0.1, 0.15) is 17.4 Å². The summed E-state index contributed by atoms with van der Waals surface area (Å²) in [7, 11) is 0. The van der Waals surface area contributed by atoms with Crippen LogP contribution in [0.15, 0.2) is 59.6 Å². The second kappa shape index (κ2) is 7.26. The van der Waals surface area contributed by atoms with Crippen molar-refractivity contribution in [2.24, 2.45) is 10.9 Å². The highest BCUT2D eigenvalue weighted by Crippen LogP contribution is 2.46. The predicted octanol–water partition coefficient (Wildman–Crippen LogP) is 3.69. The Morgan fingerprint density at radius 3 is 2.33 bits per heavy atom. The van der Waals surface area contributed by atoms with Gasteiger partial charge in [0.25, 0.3) is 0 Å². The van der Waals surface area contributed by atoms with E-state index in [2.05, 4.69) is 4.99 Å². The summed E-state index contributed by atoms with van der Waals surface area (Å²) in [4.78, 5) is 27.9. The van der Waals surface area contributed by atoms with E-state index in [0.717, 1.165) is 0 Å². The van der Waals surface area contributed by atoms with Gasteiger partial charge in [-0.25, -0.2) is 14.2 Å². The van der Waals surface area contributed by atoms with Crippen LogP contribution in [-0.4, -0.2) is 23.1 Å². The number of cyclic esters (lactones) is 1. The molecule has 0 radical (unpaired) electrons. The summed E-state index contributed by atoms with van der Waals surface area (Å²) < 4.78 is 20.2. The van der Waals surface area contributed by atoms with Gasteiger partial charge in [-0.15, -0.1) is 0 Å². The molecule has 3 rings (SSSR count). The monoisotopic (exact) mass is 370 g/mol. The zero-order valence-electron chi connectivity index (χ0n) is 15.0. The van der Waals surface area contributed by atoms with Gasteiger partial charge in [0.15, 0.2) is 0 Å². The first-order chi connectivity index (χ1) is 12.8. The Morgan fingerprint density at radius 2 is 1.78 bits per heavy atom. The first kappa shape index (κ1) is 18.7. The third kappa shape index (κ3) is 3.45. The van der Waals surface area contributed by atoms with Crippen LogP contribution in [0.3, 0.4) is 0 Å². The lowest BCUT2D eigenvalue weighted by atomic mass is 9.83. The Balaban J connectivity index is 2.26.